The van der Waals surface area contributed by atoms with Gasteiger partial charge in [-0.2, -0.15) is 0 Å². The van der Waals surface area contributed by atoms with E-state index in [4.69, 9.17) is 9.47 Å². The zero-order valence-electron chi connectivity index (χ0n) is 22.3. The Hall–Kier alpha value is -4.25. The van der Waals surface area contributed by atoms with Crippen LogP contribution in [0, 0.1) is 11.3 Å². The van der Waals surface area contributed by atoms with Crippen LogP contribution in [0.15, 0.2) is 54.5 Å². The lowest BCUT2D eigenvalue weighted by molar-refractivity contribution is -0.175. The smallest absolute Gasteiger partial charge is 0.358 e. The van der Waals surface area contributed by atoms with Crippen molar-refractivity contribution in [3.8, 4) is 0 Å². The molecule has 2 aliphatic rings. The second-order valence-electron chi connectivity index (χ2n) is 10.5. The molecule has 1 saturated heterocycles. The number of anilines is 2. The van der Waals surface area contributed by atoms with Crippen molar-refractivity contribution in [1.29, 1.82) is 0 Å². The van der Waals surface area contributed by atoms with Gasteiger partial charge in [-0.3, -0.25) is 19.4 Å². The van der Waals surface area contributed by atoms with Gasteiger partial charge in [-0.25, -0.2) is 4.79 Å². The number of ether oxygens (including phenoxy) is 2. The minimum absolute atomic E-state index is 0.0111. The number of fused-ring (bicyclic) bond motifs is 1. The number of aliphatic hydroxyl groups is 1. The highest BCUT2D eigenvalue weighted by atomic mass is 16.7. The van der Waals surface area contributed by atoms with Crippen molar-refractivity contribution in [1.82, 2.24) is 9.88 Å². The Balaban J connectivity index is 1.51. The first-order valence-electron chi connectivity index (χ1n) is 12.6. The highest BCUT2D eigenvalue weighted by molar-refractivity contribution is 6.07. The average Bonchev–Trinajstić information content (AvgIpc) is 3.22. The zero-order valence-corrected chi connectivity index (χ0v) is 22.3. The molecule has 4 rings (SSSR count). The summed E-state index contributed by atoms with van der Waals surface area (Å²) in [7, 11) is 0. The van der Waals surface area contributed by atoms with E-state index in [0.29, 0.717) is 28.9 Å². The molecule has 2 aliphatic heterocycles. The molecule has 1 aromatic heterocycles. The second-order valence-corrected chi connectivity index (χ2v) is 10.5. The fraction of sp³-hybridized carbons (Fsp3) is 0.393. The standard InChI is InChI=1S/C28H32N4O7/c1-16(33)23-21-12-20(24(32(21)25(23)35)26(36)38-15-39-27(37)28(2,3)4)17-7-5-8-18(11-17)30-14-22(34)31-19-9-6-10-29-13-19/h5-11,13,16,21,23,30,33H,12,14-15H2,1-4H3,(H,31,34)/t16-,21-,23-/m1/s1. The van der Waals surface area contributed by atoms with Gasteiger partial charge in [0.15, 0.2) is 0 Å². The number of esters is 2. The number of aromatic nitrogens is 1. The maximum absolute atomic E-state index is 13.1. The first kappa shape index (κ1) is 27.8. The Labute approximate surface area is 226 Å². The van der Waals surface area contributed by atoms with Gasteiger partial charge in [0.25, 0.3) is 0 Å². The Kier molecular flexibility index (Phi) is 8.01. The number of aliphatic hydroxyl groups excluding tert-OH is 1. The molecule has 0 saturated carbocycles. The molecule has 0 bridgehead atoms. The summed E-state index contributed by atoms with van der Waals surface area (Å²) in [5.74, 6) is -2.61. The minimum Gasteiger partial charge on any atom is -0.427 e. The monoisotopic (exact) mass is 536 g/mol. The molecule has 3 atom stereocenters. The molecule has 11 heteroatoms. The first-order valence-corrected chi connectivity index (χ1v) is 12.6. The lowest BCUT2D eigenvalue weighted by Gasteiger charge is -2.44. The molecule has 3 N–H and O–H groups in total. The third-order valence-electron chi connectivity index (χ3n) is 6.52. The van der Waals surface area contributed by atoms with E-state index in [-0.39, 0.29) is 24.1 Å². The van der Waals surface area contributed by atoms with E-state index >= 15 is 0 Å². The minimum atomic E-state index is -0.880. The number of nitrogens with zero attached hydrogens (tertiary/aromatic N) is 2. The quantitative estimate of drug-likeness (QED) is 0.250. The van der Waals surface area contributed by atoms with Crippen LogP contribution in [0.4, 0.5) is 11.4 Å². The van der Waals surface area contributed by atoms with Gasteiger partial charge in [0.05, 0.1) is 41.9 Å². The average molecular weight is 537 g/mol. The number of benzene rings is 1. The molecule has 0 radical (unpaired) electrons. The van der Waals surface area contributed by atoms with Gasteiger partial charge in [-0.05, 0) is 69.5 Å². The van der Waals surface area contributed by atoms with Crippen molar-refractivity contribution in [2.24, 2.45) is 11.3 Å². The number of amides is 2. The summed E-state index contributed by atoms with van der Waals surface area (Å²) in [6.45, 7) is 5.98. The van der Waals surface area contributed by atoms with Crippen molar-refractivity contribution in [2.45, 2.75) is 46.3 Å². The Morgan fingerprint density at radius 2 is 1.90 bits per heavy atom. The molecule has 1 aromatic carbocycles. The van der Waals surface area contributed by atoms with Crippen LogP contribution in [-0.4, -0.2) is 64.2 Å². The van der Waals surface area contributed by atoms with Crippen molar-refractivity contribution < 1.29 is 33.8 Å². The fourth-order valence-electron chi connectivity index (χ4n) is 4.58. The lowest BCUT2D eigenvalue weighted by Crippen LogP contribution is -2.61. The normalized spacial score (nSPS) is 19.1. The molecular formula is C28H32N4O7. The summed E-state index contributed by atoms with van der Waals surface area (Å²) in [4.78, 5) is 55.7. The molecule has 206 valence electrons. The number of rotatable bonds is 9. The van der Waals surface area contributed by atoms with E-state index in [0.717, 1.165) is 0 Å². The molecule has 11 nitrogen and oxygen atoms in total. The van der Waals surface area contributed by atoms with Crippen LogP contribution in [0.25, 0.3) is 5.57 Å². The highest BCUT2D eigenvalue weighted by Gasteiger charge is 2.57. The van der Waals surface area contributed by atoms with Crippen LogP contribution in [-0.2, 0) is 28.7 Å². The van der Waals surface area contributed by atoms with E-state index in [1.807, 2.05) is 0 Å². The number of pyridine rings is 1. The Morgan fingerprint density at radius 3 is 2.56 bits per heavy atom. The maximum Gasteiger partial charge on any atom is 0.358 e. The Bertz CT molecular complexity index is 1300. The van der Waals surface area contributed by atoms with E-state index < -0.39 is 42.2 Å². The molecule has 2 amide bonds. The molecule has 0 spiro atoms. The van der Waals surface area contributed by atoms with Crippen LogP contribution >= 0.6 is 0 Å². The molecule has 3 heterocycles. The Morgan fingerprint density at radius 1 is 1.15 bits per heavy atom. The summed E-state index contributed by atoms with van der Waals surface area (Å²) in [6.07, 6.45) is 2.60. The zero-order chi connectivity index (χ0) is 28.3. The van der Waals surface area contributed by atoms with Gasteiger partial charge in [0, 0.05) is 11.9 Å². The highest BCUT2D eigenvalue weighted by Crippen LogP contribution is 2.47. The van der Waals surface area contributed by atoms with E-state index in [1.165, 1.54) is 4.90 Å². The van der Waals surface area contributed by atoms with Gasteiger partial charge < -0.3 is 30.1 Å². The number of carbonyl (C=O) groups excluding carboxylic acids is 4. The topological polar surface area (TPSA) is 147 Å². The van der Waals surface area contributed by atoms with Gasteiger partial charge in [0.2, 0.25) is 18.6 Å². The summed E-state index contributed by atoms with van der Waals surface area (Å²) in [5, 5.41) is 15.9. The van der Waals surface area contributed by atoms with E-state index in [9.17, 15) is 24.3 Å². The third-order valence-corrected chi connectivity index (χ3v) is 6.52. The first-order chi connectivity index (χ1) is 18.5. The van der Waals surface area contributed by atoms with E-state index in [2.05, 4.69) is 15.6 Å². The molecule has 0 unspecified atom stereocenters. The summed E-state index contributed by atoms with van der Waals surface area (Å²) < 4.78 is 10.3. The van der Waals surface area contributed by atoms with Gasteiger partial charge in [0.1, 0.15) is 5.70 Å². The van der Waals surface area contributed by atoms with Crippen LogP contribution < -0.4 is 10.6 Å². The van der Waals surface area contributed by atoms with Crippen molar-refractivity contribution in [3.63, 3.8) is 0 Å². The number of hydrogen-bond acceptors (Lipinski definition) is 9. The van der Waals surface area contributed by atoms with Crippen molar-refractivity contribution in [2.75, 3.05) is 24.0 Å². The molecule has 0 aliphatic carbocycles. The van der Waals surface area contributed by atoms with Crippen LogP contribution in [0.2, 0.25) is 0 Å². The molecular weight excluding hydrogens is 504 g/mol. The molecule has 2 aromatic rings. The predicted octanol–water partition coefficient (Wildman–Crippen LogP) is 2.54. The molecule has 1 fully saturated rings. The van der Waals surface area contributed by atoms with Gasteiger partial charge >= 0.3 is 11.9 Å². The van der Waals surface area contributed by atoms with Gasteiger partial charge in [-0.15, -0.1) is 0 Å². The van der Waals surface area contributed by atoms with E-state index in [1.54, 1.807) is 76.5 Å². The second kappa shape index (κ2) is 11.2. The number of hydrogen-bond donors (Lipinski definition) is 3. The van der Waals surface area contributed by atoms with Crippen LogP contribution in [0.3, 0.4) is 0 Å². The fourth-order valence-corrected chi connectivity index (χ4v) is 4.58. The van der Waals surface area contributed by atoms with Gasteiger partial charge in [-0.1, -0.05) is 12.1 Å². The third kappa shape index (κ3) is 6.09. The predicted molar refractivity (Wildman–Crippen MR) is 142 cm³/mol. The van der Waals surface area contributed by atoms with Crippen LogP contribution in [0.1, 0.15) is 39.7 Å². The van der Waals surface area contributed by atoms with Crippen LogP contribution in [0.5, 0.6) is 0 Å². The molecule has 39 heavy (non-hydrogen) atoms. The van der Waals surface area contributed by atoms with Crippen molar-refractivity contribution in [3.05, 3.63) is 60.1 Å². The number of carbonyl (C=O) groups is 4. The lowest BCUT2D eigenvalue weighted by atomic mass is 9.82. The summed E-state index contributed by atoms with van der Waals surface area (Å²) >= 11 is 0. The summed E-state index contributed by atoms with van der Waals surface area (Å²) in [5.41, 5.74) is 1.70. The maximum atomic E-state index is 13.1. The van der Waals surface area contributed by atoms with Crippen molar-refractivity contribution >= 4 is 40.7 Å². The summed E-state index contributed by atoms with van der Waals surface area (Å²) in [6, 6.07) is 10.2. The number of β-lactam (4-membered cyclic amide) rings is 1. The number of nitrogens with one attached hydrogen (secondary N) is 2. The largest absolute Gasteiger partial charge is 0.427 e. The SMILES string of the molecule is C[C@@H](O)[C@H]1C(=O)N2C(C(=O)OCOC(=O)C(C)(C)C)=C(c3cccc(NCC(=O)Nc4cccnc4)c3)C[C@H]12.